The molecule has 0 bridgehead atoms. The average Bonchev–Trinajstić information content (AvgIpc) is 3.01. The van der Waals surface area contributed by atoms with Gasteiger partial charge in [-0.3, -0.25) is 4.57 Å². The fourth-order valence-electron chi connectivity index (χ4n) is 3.16. The number of carbonyl (C=O) groups excluding carboxylic acids is 1. The van der Waals surface area contributed by atoms with Crippen molar-refractivity contribution in [3.8, 4) is 6.01 Å². The molecule has 31 heavy (non-hydrogen) atoms. The van der Waals surface area contributed by atoms with E-state index in [0.29, 0.717) is 6.54 Å². The molecule has 0 spiro atoms. The van der Waals surface area contributed by atoms with Gasteiger partial charge in [0, 0.05) is 19.3 Å². The summed E-state index contributed by atoms with van der Waals surface area (Å²) in [5, 5.41) is 0. The molecule has 166 valence electrons. The van der Waals surface area contributed by atoms with Crippen LogP contribution in [0.2, 0.25) is 0 Å². The van der Waals surface area contributed by atoms with Gasteiger partial charge in [-0.15, -0.1) is 0 Å². The minimum atomic E-state index is -0.511. The van der Waals surface area contributed by atoms with Crippen molar-refractivity contribution in [1.29, 1.82) is 0 Å². The molecule has 2 heterocycles. The van der Waals surface area contributed by atoms with Crippen molar-refractivity contribution in [3.63, 3.8) is 0 Å². The van der Waals surface area contributed by atoms with Gasteiger partial charge in [0.05, 0.1) is 18.6 Å². The lowest BCUT2D eigenvalue weighted by molar-refractivity contribution is 0.210. The lowest BCUT2D eigenvalue weighted by Gasteiger charge is -2.16. The number of nitrogens with two attached hydrogens (primary N) is 1. The summed E-state index contributed by atoms with van der Waals surface area (Å²) in [7, 11) is 1.65. The molecule has 10 heteroatoms. The van der Waals surface area contributed by atoms with E-state index in [4.69, 9.17) is 9.92 Å². The van der Waals surface area contributed by atoms with Crippen LogP contribution < -0.4 is 15.6 Å². The van der Waals surface area contributed by atoms with E-state index in [1.165, 1.54) is 21.5 Å². The number of fused-ring (bicyclic) bond motifs is 1. The van der Waals surface area contributed by atoms with Crippen LogP contribution in [0.4, 0.5) is 10.6 Å². The molecule has 1 aromatic carbocycles. The highest BCUT2D eigenvalue weighted by Crippen LogP contribution is 2.23. The molecule has 3 rings (SSSR count). The van der Waals surface area contributed by atoms with Gasteiger partial charge in [0.15, 0.2) is 11.5 Å². The van der Waals surface area contributed by atoms with Crippen LogP contribution in [0.1, 0.15) is 37.8 Å². The second-order valence-electron chi connectivity index (χ2n) is 7.36. The van der Waals surface area contributed by atoms with Crippen LogP contribution in [0.25, 0.3) is 11.2 Å². The van der Waals surface area contributed by atoms with Gasteiger partial charge in [0.1, 0.15) is 5.52 Å². The summed E-state index contributed by atoms with van der Waals surface area (Å²) in [6.07, 6.45) is 1.69. The Morgan fingerprint density at radius 1 is 1.19 bits per heavy atom. The van der Waals surface area contributed by atoms with Crippen molar-refractivity contribution < 1.29 is 8.98 Å². The summed E-state index contributed by atoms with van der Waals surface area (Å²) >= 11 is 1.21. The van der Waals surface area contributed by atoms with Crippen LogP contribution in [0.5, 0.6) is 6.01 Å². The Morgan fingerprint density at radius 3 is 2.55 bits per heavy atom. The largest absolute Gasteiger partial charge is 0.389 e. The standard InChI is InChI=1S/C21H28N6O3S/c1-5-11-25(4)20(28)27-16-17(22)23-19(30-31-12-6-2)24-18(16)26(21(27)29)13-15-9-7-14(3)8-10-15/h7-10H,5-6,11-13H2,1-4H3,(H2,22,23,24). The summed E-state index contributed by atoms with van der Waals surface area (Å²) in [4.78, 5) is 36.5. The topological polar surface area (TPSA) is 108 Å². The lowest BCUT2D eigenvalue weighted by Crippen LogP contribution is -2.38. The summed E-state index contributed by atoms with van der Waals surface area (Å²) in [5.41, 5.74) is 8.15. The minimum absolute atomic E-state index is 0.0232. The predicted octanol–water partition coefficient (Wildman–Crippen LogP) is 3.28. The Bertz CT molecular complexity index is 1120. The SMILES string of the molecule is CCCSOc1nc(N)c2c(n1)n(Cc1ccc(C)cc1)c(=O)n2C(=O)N(C)CCC. The number of aromatic nitrogens is 4. The number of imidazole rings is 1. The zero-order chi connectivity index (χ0) is 22.5. The average molecular weight is 445 g/mol. The number of hydrogen-bond acceptors (Lipinski definition) is 7. The third-order valence-electron chi connectivity index (χ3n) is 4.73. The number of benzene rings is 1. The minimum Gasteiger partial charge on any atom is -0.389 e. The van der Waals surface area contributed by atoms with Crippen molar-refractivity contribution in [2.45, 2.75) is 40.2 Å². The number of nitrogens with zero attached hydrogens (tertiary/aromatic N) is 5. The summed E-state index contributed by atoms with van der Waals surface area (Å²) in [5.74, 6) is 0.786. The van der Waals surface area contributed by atoms with E-state index >= 15 is 0 Å². The van der Waals surface area contributed by atoms with Gasteiger partial charge in [0.2, 0.25) is 0 Å². The summed E-state index contributed by atoms with van der Waals surface area (Å²) in [6, 6.07) is 7.42. The van der Waals surface area contributed by atoms with E-state index in [0.717, 1.165) is 34.3 Å². The third kappa shape index (κ3) is 4.84. The number of aryl methyl sites for hydroxylation is 1. The molecule has 9 nitrogen and oxygen atoms in total. The number of carbonyl (C=O) groups is 1. The number of amides is 1. The zero-order valence-electron chi connectivity index (χ0n) is 18.3. The van der Waals surface area contributed by atoms with Crippen LogP contribution in [-0.4, -0.2) is 49.4 Å². The maximum Gasteiger partial charge on any atom is 0.339 e. The molecule has 0 saturated heterocycles. The maximum atomic E-state index is 13.3. The molecule has 0 aliphatic rings. The van der Waals surface area contributed by atoms with E-state index in [-0.39, 0.29) is 29.5 Å². The predicted molar refractivity (Wildman–Crippen MR) is 124 cm³/mol. The van der Waals surface area contributed by atoms with Crippen LogP contribution >= 0.6 is 12.0 Å². The second kappa shape index (κ2) is 9.86. The molecular weight excluding hydrogens is 416 g/mol. The van der Waals surface area contributed by atoms with Crippen molar-refractivity contribution >= 4 is 35.1 Å². The first-order valence-electron chi connectivity index (χ1n) is 10.3. The Morgan fingerprint density at radius 2 is 1.90 bits per heavy atom. The van der Waals surface area contributed by atoms with E-state index in [1.54, 1.807) is 7.05 Å². The van der Waals surface area contributed by atoms with E-state index < -0.39 is 11.7 Å². The van der Waals surface area contributed by atoms with Crippen molar-refractivity contribution in [2.75, 3.05) is 25.1 Å². The number of anilines is 1. The first kappa shape index (κ1) is 22.7. The van der Waals surface area contributed by atoms with E-state index in [2.05, 4.69) is 9.97 Å². The first-order chi connectivity index (χ1) is 14.9. The van der Waals surface area contributed by atoms with Gasteiger partial charge in [0.25, 0.3) is 0 Å². The quantitative estimate of drug-likeness (QED) is 0.419. The molecule has 2 aromatic heterocycles. The Hall–Kier alpha value is -3.01. The Balaban J connectivity index is 2.16. The molecule has 3 aromatic rings. The van der Waals surface area contributed by atoms with Gasteiger partial charge in [-0.25, -0.2) is 14.2 Å². The molecule has 2 N–H and O–H groups in total. The molecular formula is C21H28N6O3S. The van der Waals surface area contributed by atoms with Gasteiger partial charge in [-0.05, 0) is 25.3 Å². The Labute approximate surface area is 185 Å². The normalized spacial score (nSPS) is 11.1. The lowest BCUT2D eigenvalue weighted by atomic mass is 10.1. The third-order valence-corrected chi connectivity index (χ3v) is 5.57. The fraction of sp³-hybridized carbons (Fsp3) is 0.429. The molecule has 0 saturated carbocycles. The van der Waals surface area contributed by atoms with Gasteiger partial charge < -0.3 is 14.8 Å². The number of hydrogen-bond donors (Lipinski definition) is 1. The van der Waals surface area contributed by atoms with Crippen LogP contribution in [0.3, 0.4) is 0 Å². The second-order valence-corrected chi connectivity index (χ2v) is 8.17. The monoisotopic (exact) mass is 444 g/mol. The van der Waals surface area contributed by atoms with E-state index in [1.807, 2.05) is 45.0 Å². The first-order valence-corrected chi connectivity index (χ1v) is 11.2. The van der Waals surface area contributed by atoms with E-state index in [9.17, 15) is 9.59 Å². The number of nitrogen functional groups attached to an aromatic ring is 1. The molecule has 0 aliphatic carbocycles. The molecule has 0 aliphatic heterocycles. The maximum absolute atomic E-state index is 13.3. The molecule has 0 atom stereocenters. The van der Waals surface area contributed by atoms with Gasteiger partial charge in [-0.2, -0.15) is 9.97 Å². The van der Waals surface area contributed by atoms with Gasteiger partial charge >= 0.3 is 17.7 Å². The molecule has 0 radical (unpaired) electrons. The highest BCUT2D eigenvalue weighted by molar-refractivity contribution is 7.95. The van der Waals surface area contributed by atoms with Crippen molar-refractivity contribution in [3.05, 3.63) is 45.9 Å². The highest BCUT2D eigenvalue weighted by atomic mass is 32.2. The van der Waals surface area contributed by atoms with Crippen LogP contribution in [-0.2, 0) is 6.54 Å². The summed E-state index contributed by atoms with van der Waals surface area (Å²) < 4.78 is 8.04. The van der Waals surface area contributed by atoms with Crippen LogP contribution in [0, 0.1) is 6.92 Å². The number of rotatable bonds is 8. The smallest absolute Gasteiger partial charge is 0.339 e. The Kier molecular flexibility index (Phi) is 7.21. The molecule has 0 unspecified atom stereocenters. The van der Waals surface area contributed by atoms with Crippen molar-refractivity contribution in [2.24, 2.45) is 0 Å². The summed E-state index contributed by atoms with van der Waals surface area (Å²) in [6.45, 7) is 6.74. The zero-order valence-corrected chi connectivity index (χ0v) is 19.1. The highest BCUT2D eigenvalue weighted by Gasteiger charge is 2.25. The van der Waals surface area contributed by atoms with Crippen molar-refractivity contribution in [1.82, 2.24) is 24.0 Å². The van der Waals surface area contributed by atoms with Crippen LogP contribution in [0.15, 0.2) is 29.1 Å². The molecule has 0 fully saturated rings. The molecule has 1 amide bonds. The fourth-order valence-corrected chi connectivity index (χ4v) is 3.59. The van der Waals surface area contributed by atoms with Gasteiger partial charge in [-0.1, -0.05) is 43.7 Å².